The predicted molar refractivity (Wildman–Crippen MR) is 126 cm³/mol. The Morgan fingerprint density at radius 1 is 1.00 bits per heavy atom. The molecular formula is C24H21N5O3S. The third-order valence-electron chi connectivity index (χ3n) is 5.66. The zero-order valence-electron chi connectivity index (χ0n) is 18.5. The van der Waals surface area contributed by atoms with E-state index in [4.69, 9.17) is 0 Å². The number of nitrogens with one attached hydrogen (secondary N) is 1. The van der Waals surface area contributed by atoms with Gasteiger partial charge in [0.1, 0.15) is 0 Å². The summed E-state index contributed by atoms with van der Waals surface area (Å²) < 4.78 is 1.71. The number of aryl methyl sites for hydroxylation is 2. The highest BCUT2D eigenvalue weighted by Crippen LogP contribution is 2.29. The van der Waals surface area contributed by atoms with Gasteiger partial charge in [-0.3, -0.25) is 24.6 Å². The fraction of sp³-hybridized carbons (Fsp3) is 0.208. The van der Waals surface area contributed by atoms with Crippen LogP contribution in [0.5, 0.6) is 0 Å². The number of hydrogen-bond donors (Lipinski definition) is 1. The zero-order chi connectivity index (χ0) is 23.4. The highest BCUT2D eigenvalue weighted by atomic mass is 32.1. The van der Waals surface area contributed by atoms with Crippen LogP contribution in [0.3, 0.4) is 0 Å². The van der Waals surface area contributed by atoms with Crippen molar-refractivity contribution in [3.63, 3.8) is 0 Å². The van der Waals surface area contributed by atoms with Crippen LogP contribution in [0.15, 0.2) is 41.8 Å². The fourth-order valence-electron chi connectivity index (χ4n) is 4.06. The Hall–Kier alpha value is -3.85. The Bertz CT molecular complexity index is 1470. The average molecular weight is 460 g/mol. The number of hydrogen-bond acceptors (Lipinski definition) is 6. The summed E-state index contributed by atoms with van der Waals surface area (Å²) in [6.45, 7) is 7.65. The van der Waals surface area contributed by atoms with E-state index in [0.29, 0.717) is 10.5 Å². The van der Waals surface area contributed by atoms with Gasteiger partial charge in [-0.05, 0) is 51.5 Å². The van der Waals surface area contributed by atoms with E-state index in [2.05, 4.69) is 27.5 Å². The van der Waals surface area contributed by atoms with Crippen molar-refractivity contribution in [3.8, 4) is 11.3 Å². The van der Waals surface area contributed by atoms with Crippen molar-refractivity contribution < 1.29 is 14.4 Å². The number of carbonyl (C=O) groups excluding carboxylic acids is 3. The Morgan fingerprint density at radius 3 is 2.45 bits per heavy atom. The molecule has 0 saturated heterocycles. The molecule has 1 N–H and O–H groups in total. The molecular weight excluding hydrogens is 438 g/mol. The summed E-state index contributed by atoms with van der Waals surface area (Å²) in [5.41, 5.74) is 5.06. The van der Waals surface area contributed by atoms with E-state index in [1.165, 1.54) is 40.0 Å². The minimum absolute atomic E-state index is 0.171. The van der Waals surface area contributed by atoms with Crippen LogP contribution in [0.25, 0.3) is 16.2 Å². The van der Waals surface area contributed by atoms with E-state index in [0.717, 1.165) is 16.8 Å². The van der Waals surface area contributed by atoms with Gasteiger partial charge in [-0.1, -0.05) is 23.8 Å². The van der Waals surface area contributed by atoms with Crippen molar-refractivity contribution in [2.75, 3.05) is 5.32 Å². The standard InChI is InChI=1S/C24H21N5O3S/c1-12(2)28-21(31)17-8-6-15(10-18(17)22(28)32)20(30)25-23-26-24-29(27-23)19(11-33-24)16-7-5-13(3)9-14(16)4/h5-12H,1-4H3,(H,25,27,30). The number of nitrogens with zero attached hydrogens (tertiary/aromatic N) is 4. The predicted octanol–water partition coefficient (Wildman–Crippen LogP) is 4.33. The second-order valence-corrected chi connectivity index (χ2v) is 9.19. The fourth-order valence-corrected chi connectivity index (χ4v) is 4.89. The molecule has 0 saturated carbocycles. The Labute approximate surface area is 193 Å². The lowest BCUT2D eigenvalue weighted by Crippen LogP contribution is -2.35. The summed E-state index contributed by atoms with van der Waals surface area (Å²) in [4.78, 5) is 44.2. The third kappa shape index (κ3) is 3.41. The van der Waals surface area contributed by atoms with Crippen LogP contribution in [0.2, 0.25) is 0 Å². The monoisotopic (exact) mass is 459 g/mol. The summed E-state index contributed by atoms with van der Waals surface area (Å²) in [5.74, 6) is -1.01. The van der Waals surface area contributed by atoms with Gasteiger partial charge in [0, 0.05) is 22.5 Å². The molecule has 0 radical (unpaired) electrons. The molecule has 0 fully saturated rings. The summed E-state index contributed by atoms with van der Waals surface area (Å²) >= 11 is 1.44. The summed E-state index contributed by atoms with van der Waals surface area (Å²) in [6.07, 6.45) is 0. The number of amides is 3. The molecule has 166 valence electrons. The minimum atomic E-state index is -0.452. The topological polar surface area (TPSA) is 96.7 Å². The lowest BCUT2D eigenvalue weighted by molar-refractivity contribution is 0.0609. The highest BCUT2D eigenvalue weighted by Gasteiger charge is 2.37. The molecule has 0 unspecified atom stereocenters. The lowest BCUT2D eigenvalue weighted by atomic mass is 10.0. The van der Waals surface area contributed by atoms with Crippen molar-refractivity contribution in [3.05, 3.63) is 69.6 Å². The van der Waals surface area contributed by atoms with Crippen molar-refractivity contribution in [2.45, 2.75) is 33.7 Å². The second kappa shape index (κ2) is 7.63. The number of rotatable bonds is 4. The van der Waals surface area contributed by atoms with Crippen molar-refractivity contribution >= 4 is 40.0 Å². The maximum atomic E-state index is 12.9. The van der Waals surface area contributed by atoms with E-state index in [1.54, 1.807) is 18.4 Å². The van der Waals surface area contributed by atoms with E-state index in [1.807, 2.05) is 25.3 Å². The van der Waals surface area contributed by atoms with Gasteiger partial charge in [0.05, 0.1) is 16.8 Å². The van der Waals surface area contributed by atoms with E-state index >= 15 is 0 Å². The summed E-state index contributed by atoms with van der Waals surface area (Å²) in [6, 6.07) is 10.4. The number of carbonyl (C=O) groups is 3. The number of thiazole rings is 1. The van der Waals surface area contributed by atoms with E-state index in [-0.39, 0.29) is 29.0 Å². The molecule has 5 rings (SSSR count). The number of imide groups is 1. The van der Waals surface area contributed by atoms with Gasteiger partial charge < -0.3 is 0 Å². The van der Waals surface area contributed by atoms with Gasteiger partial charge in [-0.25, -0.2) is 4.52 Å². The van der Waals surface area contributed by atoms with E-state index in [9.17, 15) is 14.4 Å². The number of anilines is 1. The quantitative estimate of drug-likeness (QED) is 0.458. The largest absolute Gasteiger partial charge is 0.289 e. The van der Waals surface area contributed by atoms with Crippen LogP contribution in [-0.2, 0) is 0 Å². The first-order valence-corrected chi connectivity index (χ1v) is 11.4. The normalized spacial score (nSPS) is 13.3. The minimum Gasteiger partial charge on any atom is -0.289 e. The van der Waals surface area contributed by atoms with Crippen LogP contribution in [0.1, 0.15) is 56.0 Å². The molecule has 0 bridgehead atoms. The van der Waals surface area contributed by atoms with Gasteiger partial charge in [-0.15, -0.1) is 16.4 Å². The maximum absolute atomic E-state index is 12.9. The van der Waals surface area contributed by atoms with Crippen molar-refractivity contribution in [1.29, 1.82) is 0 Å². The Morgan fingerprint density at radius 2 is 1.73 bits per heavy atom. The second-order valence-electron chi connectivity index (χ2n) is 8.36. The first-order valence-electron chi connectivity index (χ1n) is 10.5. The molecule has 0 spiro atoms. The van der Waals surface area contributed by atoms with Crippen LogP contribution >= 0.6 is 11.3 Å². The van der Waals surface area contributed by atoms with Gasteiger partial charge >= 0.3 is 0 Å². The molecule has 2 aromatic heterocycles. The highest BCUT2D eigenvalue weighted by molar-refractivity contribution is 7.15. The lowest BCUT2D eigenvalue weighted by Gasteiger charge is -2.17. The van der Waals surface area contributed by atoms with Crippen molar-refractivity contribution in [1.82, 2.24) is 19.5 Å². The SMILES string of the molecule is Cc1ccc(-c2csc3nc(NC(=O)c4ccc5c(c4)C(=O)N(C(C)C)C5=O)nn23)c(C)c1. The Balaban J connectivity index is 1.42. The van der Waals surface area contributed by atoms with Gasteiger partial charge in [0.15, 0.2) is 0 Å². The van der Waals surface area contributed by atoms with Gasteiger partial charge in [0.2, 0.25) is 4.96 Å². The van der Waals surface area contributed by atoms with Crippen LogP contribution in [-0.4, -0.2) is 43.3 Å². The molecule has 4 aromatic rings. The summed E-state index contributed by atoms with van der Waals surface area (Å²) in [7, 11) is 0. The molecule has 8 nitrogen and oxygen atoms in total. The first kappa shape index (κ1) is 21.0. The number of fused-ring (bicyclic) bond motifs is 2. The molecule has 0 atom stereocenters. The molecule has 1 aliphatic heterocycles. The molecule has 3 amide bonds. The van der Waals surface area contributed by atoms with Crippen molar-refractivity contribution in [2.24, 2.45) is 0 Å². The van der Waals surface area contributed by atoms with E-state index < -0.39 is 11.8 Å². The smallest absolute Gasteiger partial charge is 0.261 e. The first-order chi connectivity index (χ1) is 15.7. The van der Waals surface area contributed by atoms with Crippen LogP contribution in [0.4, 0.5) is 5.95 Å². The van der Waals surface area contributed by atoms with Gasteiger partial charge in [0.25, 0.3) is 23.7 Å². The molecule has 3 heterocycles. The van der Waals surface area contributed by atoms with Crippen LogP contribution < -0.4 is 5.32 Å². The molecule has 0 aliphatic carbocycles. The summed E-state index contributed by atoms with van der Waals surface area (Å²) in [5, 5.41) is 9.16. The number of aromatic nitrogens is 3. The maximum Gasteiger partial charge on any atom is 0.261 e. The van der Waals surface area contributed by atoms with Crippen LogP contribution in [0, 0.1) is 13.8 Å². The van der Waals surface area contributed by atoms with Gasteiger partial charge in [-0.2, -0.15) is 4.98 Å². The number of benzene rings is 2. The third-order valence-corrected chi connectivity index (χ3v) is 6.48. The zero-order valence-corrected chi connectivity index (χ0v) is 19.4. The molecule has 2 aromatic carbocycles. The molecule has 33 heavy (non-hydrogen) atoms. The Kier molecular flexibility index (Phi) is 4.86. The average Bonchev–Trinajstić information content (AvgIpc) is 3.40. The molecule has 1 aliphatic rings. The molecule has 9 heteroatoms.